The van der Waals surface area contributed by atoms with Crippen molar-refractivity contribution in [3.63, 3.8) is 0 Å². The average molecular weight is 223 g/mol. The van der Waals surface area contributed by atoms with E-state index in [1.807, 2.05) is 0 Å². The minimum absolute atomic E-state index is 0.155. The fraction of sp³-hybridized carbons (Fsp3) is 0.667. The van der Waals surface area contributed by atoms with Gasteiger partial charge in [0.05, 0.1) is 12.2 Å². The zero-order chi connectivity index (χ0) is 11.5. The van der Waals surface area contributed by atoms with E-state index in [-0.39, 0.29) is 11.9 Å². The van der Waals surface area contributed by atoms with Crippen molar-refractivity contribution in [3.8, 4) is 0 Å². The van der Waals surface area contributed by atoms with Crippen molar-refractivity contribution in [2.24, 2.45) is 0 Å². The van der Waals surface area contributed by atoms with Crippen LogP contribution in [0.2, 0.25) is 0 Å². The van der Waals surface area contributed by atoms with Gasteiger partial charge in [-0.3, -0.25) is 4.79 Å². The van der Waals surface area contributed by atoms with Crippen LogP contribution in [0.15, 0.2) is 11.3 Å². The van der Waals surface area contributed by atoms with Crippen LogP contribution in [-0.2, 0) is 14.3 Å². The quantitative estimate of drug-likeness (QED) is 0.668. The smallest absolute Gasteiger partial charge is 0.335 e. The number of hydrogen-bond acceptors (Lipinski definition) is 3. The third-order valence-corrected chi connectivity index (χ3v) is 3.11. The van der Waals surface area contributed by atoms with Gasteiger partial charge in [-0.15, -0.1) is 0 Å². The van der Waals surface area contributed by atoms with Gasteiger partial charge in [0, 0.05) is 18.7 Å². The summed E-state index contributed by atoms with van der Waals surface area (Å²) in [4.78, 5) is 25.2. The van der Waals surface area contributed by atoms with Gasteiger partial charge in [-0.2, -0.15) is 0 Å². The Morgan fingerprint density at radius 2 is 2.12 bits per heavy atom. The summed E-state index contributed by atoms with van der Waals surface area (Å²) in [7, 11) is 0. The lowest BCUT2D eigenvalue weighted by atomic mass is 9.95. The first-order valence-electron chi connectivity index (χ1n) is 5.93. The second kappa shape index (κ2) is 4.68. The summed E-state index contributed by atoms with van der Waals surface area (Å²) in [6.45, 7) is 2.95. The van der Waals surface area contributed by atoms with Crippen LogP contribution in [0.3, 0.4) is 0 Å². The van der Waals surface area contributed by atoms with Crippen LogP contribution in [0, 0.1) is 0 Å². The summed E-state index contributed by atoms with van der Waals surface area (Å²) in [5.74, 6) is -0.0837. The summed E-state index contributed by atoms with van der Waals surface area (Å²) < 4.78 is 5.03. The van der Waals surface area contributed by atoms with E-state index in [9.17, 15) is 9.59 Å². The maximum Gasteiger partial charge on any atom is 0.335 e. The van der Waals surface area contributed by atoms with Gasteiger partial charge in [0.2, 0.25) is 5.91 Å². The Morgan fingerprint density at radius 3 is 2.88 bits per heavy atom. The monoisotopic (exact) mass is 223 g/mol. The summed E-state index contributed by atoms with van der Waals surface area (Å²) >= 11 is 0. The van der Waals surface area contributed by atoms with Crippen LogP contribution < -0.4 is 0 Å². The Bertz CT molecular complexity index is 346. The van der Waals surface area contributed by atoms with Crippen LogP contribution in [0.1, 0.15) is 39.0 Å². The first-order valence-corrected chi connectivity index (χ1v) is 5.93. The number of piperidine rings is 1. The topological polar surface area (TPSA) is 46.6 Å². The molecule has 2 rings (SSSR count). The Kier molecular flexibility index (Phi) is 3.27. The summed E-state index contributed by atoms with van der Waals surface area (Å²) in [5, 5.41) is 0. The largest absolute Gasteiger partial charge is 0.463 e. The molecule has 0 N–H and O–H groups in total. The van der Waals surface area contributed by atoms with E-state index in [0.29, 0.717) is 13.0 Å². The van der Waals surface area contributed by atoms with Crippen LogP contribution in [0.5, 0.6) is 0 Å². The predicted molar refractivity (Wildman–Crippen MR) is 58.5 cm³/mol. The van der Waals surface area contributed by atoms with Crippen molar-refractivity contribution in [3.05, 3.63) is 11.3 Å². The Hall–Kier alpha value is -1.32. The molecule has 1 amide bonds. The molecule has 4 nitrogen and oxygen atoms in total. The molecule has 2 heterocycles. The number of ether oxygens (including phenoxy) is 1. The normalized spacial score (nSPS) is 20.8. The van der Waals surface area contributed by atoms with E-state index in [1.54, 1.807) is 11.8 Å². The Morgan fingerprint density at radius 1 is 1.31 bits per heavy atom. The van der Waals surface area contributed by atoms with Crippen LogP contribution in [0.4, 0.5) is 0 Å². The minimum Gasteiger partial charge on any atom is -0.463 e. The number of rotatable bonds is 2. The second-order valence-electron chi connectivity index (χ2n) is 4.15. The van der Waals surface area contributed by atoms with E-state index in [2.05, 4.69) is 0 Å². The van der Waals surface area contributed by atoms with Gasteiger partial charge < -0.3 is 9.64 Å². The van der Waals surface area contributed by atoms with E-state index in [4.69, 9.17) is 4.74 Å². The molecule has 1 fully saturated rings. The van der Waals surface area contributed by atoms with Crippen molar-refractivity contribution in [1.82, 2.24) is 4.90 Å². The van der Waals surface area contributed by atoms with Gasteiger partial charge in [0.1, 0.15) is 0 Å². The van der Waals surface area contributed by atoms with Gasteiger partial charge in [-0.05, 0) is 32.6 Å². The van der Waals surface area contributed by atoms with Gasteiger partial charge in [-0.25, -0.2) is 4.79 Å². The third-order valence-electron chi connectivity index (χ3n) is 3.11. The Labute approximate surface area is 95.2 Å². The van der Waals surface area contributed by atoms with Crippen molar-refractivity contribution in [1.29, 1.82) is 0 Å². The number of amides is 1. The molecule has 2 aliphatic heterocycles. The minimum atomic E-state index is -0.239. The van der Waals surface area contributed by atoms with Crippen LogP contribution in [0.25, 0.3) is 0 Å². The van der Waals surface area contributed by atoms with Crippen LogP contribution >= 0.6 is 0 Å². The summed E-state index contributed by atoms with van der Waals surface area (Å²) in [6, 6.07) is 0. The number of nitrogens with zero attached hydrogens (tertiary/aromatic N) is 1. The molecule has 0 aromatic rings. The molecule has 0 atom stereocenters. The van der Waals surface area contributed by atoms with Gasteiger partial charge in [0.25, 0.3) is 0 Å². The molecular formula is C12H17NO3. The van der Waals surface area contributed by atoms with Crippen molar-refractivity contribution in [2.45, 2.75) is 39.0 Å². The number of hydrogen-bond donors (Lipinski definition) is 0. The number of carbonyl (C=O) groups excluding carboxylic acids is 2. The molecule has 0 radical (unpaired) electrons. The maximum absolute atomic E-state index is 11.7. The van der Waals surface area contributed by atoms with Crippen molar-refractivity contribution >= 4 is 11.9 Å². The molecule has 0 aromatic heterocycles. The molecule has 1 saturated heterocycles. The fourth-order valence-electron chi connectivity index (χ4n) is 2.40. The van der Waals surface area contributed by atoms with E-state index in [1.165, 1.54) is 0 Å². The molecule has 88 valence electrons. The fourth-order valence-corrected chi connectivity index (χ4v) is 2.40. The van der Waals surface area contributed by atoms with Gasteiger partial charge >= 0.3 is 5.97 Å². The number of carbonyl (C=O) groups is 2. The Balaban J connectivity index is 2.26. The summed E-state index contributed by atoms with van der Waals surface area (Å²) in [6.07, 6.45) is 3.91. The van der Waals surface area contributed by atoms with E-state index >= 15 is 0 Å². The molecule has 0 aliphatic carbocycles. The number of fused-ring (bicyclic) bond motifs is 1. The molecule has 0 spiro atoms. The van der Waals surface area contributed by atoms with E-state index < -0.39 is 0 Å². The molecule has 4 heteroatoms. The predicted octanol–water partition coefficient (Wildman–Crippen LogP) is 1.61. The number of allylic oxidation sites excluding steroid dienone is 1. The highest BCUT2D eigenvalue weighted by Crippen LogP contribution is 2.31. The third kappa shape index (κ3) is 1.96. The lowest BCUT2D eigenvalue weighted by Gasteiger charge is -2.34. The zero-order valence-electron chi connectivity index (χ0n) is 9.62. The molecular weight excluding hydrogens is 206 g/mol. The highest BCUT2D eigenvalue weighted by Gasteiger charge is 2.31. The molecule has 16 heavy (non-hydrogen) atoms. The highest BCUT2D eigenvalue weighted by atomic mass is 16.5. The van der Waals surface area contributed by atoms with Crippen LogP contribution in [-0.4, -0.2) is 29.9 Å². The standard InChI is InChI=1S/C12H17NO3/c1-2-16-12(15)9-5-4-8-13-10(9)6-3-7-11(13)14/h2-8H2,1H3. The van der Waals surface area contributed by atoms with Gasteiger partial charge in [-0.1, -0.05) is 0 Å². The first-order chi connectivity index (χ1) is 7.74. The second-order valence-corrected chi connectivity index (χ2v) is 4.15. The van der Waals surface area contributed by atoms with Gasteiger partial charge in [0.15, 0.2) is 0 Å². The lowest BCUT2D eigenvalue weighted by molar-refractivity contribution is -0.139. The zero-order valence-corrected chi connectivity index (χ0v) is 9.62. The molecule has 2 aliphatic rings. The summed E-state index contributed by atoms with van der Waals surface area (Å²) in [5.41, 5.74) is 1.64. The van der Waals surface area contributed by atoms with Crippen molar-refractivity contribution < 1.29 is 14.3 Å². The van der Waals surface area contributed by atoms with E-state index in [0.717, 1.165) is 43.5 Å². The first kappa shape index (κ1) is 11.2. The highest BCUT2D eigenvalue weighted by molar-refractivity contribution is 5.91. The average Bonchev–Trinajstić information content (AvgIpc) is 2.29. The maximum atomic E-state index is 11.7. The van der Waals surface area contributed by atoms with Crippen molar-refractivity contribution in [2.75, 3.05) is 13.2 Å². The molecule has 0 saturated carbocycles. The number of esters is 1. The molecule has 0 unspecified atom stereocenters. The molecule has 0 bridgehead atoms. The lowest BCUT2D eigenvalue weighted by Crippen LogP contribution is -2.38. The molecule has 0 aromatic carbocycles. The SMILES string of the molecule is CCOC(=O)C1=C2CCCC(=O)N2CCC1.